The van der Waals surface area contributed by atoms with Gasteiger partial charge >= 0.3 is 12.2 Å². The Morgan fingerprint density at radius 1 is 0.746 bits per heavy atom. The van der Waals surface area contributed by atoms with E-state index in [1.165, 1.54) is 12.1 Å². The molecule has 1 unspecified atom stereocenters. The van der Waals surface area contributed by atoms with E-state index < -0.39 is 76.6 Å². The van der Waals surface area contributed by atoms with Crippen molar-refractivity contribution in [1.29, 1.82) is 0 Å². The van der Waals surface area contributed by atoms with Gasteiger partial charge < -0.3 is 57.9 Å². The number of amides is 6. The van der Waals surface area contributed by atoms with Gasteiger partial charge in [0.1, 0.15) is 47.2 Å². The highest BCUT2D eigenvalue weighted by molar-refractivity contribution is 6.31. The first-order chi connectivity index (χ1) is 31.6. The lowest BCUT2D eigenvalue weighted by molar-refractivity contribution is -0.485. The molecule has 0 heterocycles. The SMILES string of the molecule is Cc1cc(O)cc(C)c1C[C@H](NC(=O)C(CCCN/C(N)=N\[N+](=O)[O-])NC(=O)OC(C)(C)C)C(=O)N[C@@H](CCCCNC(=O)OCc1ccccc1Cl)C(=O)N[C@@H](Cc1ccccc1)C(N)=O. The Bertz CT molecular complexity index is 2200. The largest absolute Gasteiger partial charge is 0.508 e. The molecule has 364 valence electrons. The average Bonchev–Trinajstić information content (AvgIpc) is 3.23. The predicted molar refractivity (Wildman–Crippen MR) is 249 cm³/mol. The number of aryl methyl sites for hydroxylation is 2. The Balaban J connectivity index is 1.90. The van der Waals surface area contributed by atoms with Crippen LogP contribution in [0.1, 0.15) is 80.7 Å². The van der Waals surface area contributed by atoms with Gasteiger partial charge in [-0.2, -0.15) is 0 Å². The third-order valence-electron chi connectivity index (χ3n) is 9.98. The van der Waals surface area contributed by atoms with Crippen LogP contribution in [0.4, 0.5) is 9.59 Å². The number of halogens is 1. The van der Waals surface area contributed by atoms with Gasteiger partial charge in [0.15, 0.2) is 5.03 Å². The number of guanidine groups is 1. The van der Waals surface area contributed by atoms with Gasteiger partial charge in [-0.3, -0.25) is 19.2 Å². The van der Waals surface area contributed by atoms with Crippen LogP contribution in [0, 0.1) is 24.0 Å². The molecule has 4 atom stereocenters. The number of aromatic hydroxyl groups is 1. The van der Waals surface area contributed by atoms with Crippen molar-refractivity contribution in [2.75, 3.05) is 13.1 Å². The molecule has 0 aliphatic heterocycles. The number of benzene rings is 3. The van der Waals surface area contributed by atoms with Crippen molar-refractivity contribution in [3.05, 3.63) is 110 Å². The fourth-order valence-electron chi connectivity index (χ4n) is 6.70. The molecule has 0 aliphatic rings. The summed E-state index contributed by atoms with van der Waals surface area (Å²) in [7, 11) is 0. The average molecular weight is 953 g/mol. The lowest BCUT2D eigenvalue weighted by Gasteiger charge is -2.28. The second kappa shape index (κ2) is 26.7. The number of carbonyl (C=O) groups excluding carboxylic acids is 6. The van der Waals surface area contributed by atoms with E-state index in [9.17, 15) is 44.0 Å². The van der Waals surface area contributed by atoms with Gasteiger partial charge in [0, 0.05) is 36.5 Å². The number of phenols is 1. The zero-order valence-corrected chi connectivity index (χ0v) is 38.9. The van der Waals surface area contributed by atoms with Gasteiger partial charge in [-0.15, -0.1) is 0 Å². The third-order valence-corrected chi connectivity index (χ3v) is 10.3. The summed E-state index contributed by atoms with van der Waals surface area (Å²) in [6.07, 6.45) is -1.09. The summed E-state index contributed by atoms with van der Waals surface area (Å²) in [6, 6.07) is 13.5. The molecule has 0 fully saturated rings. The number of rotatable bonds is 24. The van der Waals surface area contributed by atoms with E-state index >= 15 is 0 Å². The number of nitrogens with one attached hydrogen (secondary N) is 6. The molecular weight excluding hydrogens is 892 g/mol. The molecule has 67 heavy (non-hydrogen) atoms. The topological polar surface area (TPSA) is 321 Å². The Morgan fingerprint density at radius 2 is 1.30 bits per heavy atom. The van der Waals surface area contributed by atoms with E-state index in [2.05, 4.69) is 37.0 Å². The van der Waals surface area contributed by atoms with E-state index in [4.69, 9.17) is 32.5 Å². The second-order valence-electron chi connectivity index (χ2n) is 16.6. The maximum Gasteiger partial charge on any atom is 0.408 e. The van der Waals surface area contributed by atoms with Crippen LogP contribution in [0.2, 0.25) is 5.02 Å². The van der Waals surface area contributed by atoms with E-state index in [1.54, 1.807) is 89.2 Å². The molecule has 11 N–H and O–H groups in total. The number of nitrogens with zero attached hydrogens (tertiary/aromatic N) is 2. The fourth-order valence-corrected chi connectivity index (χ4v) is 6.89. The first kappa shape index (κ1) is 54.2. The Hall–Kier alpha value is -7.16. The minimum absolute atomic E-state index is 0.00137. The number of phenolic OH excluding ortho intramolecular Hbond substituents is 1. The van der Waals surface area contributed by atoms with E-state index in [-0.39, 0.29) is 64.0 Å². The summed E-state index contributed by atoms with van der Waals surface area (Å²) >= 11 is 6.16. The Morgan fingerprint density at radius 3 is 1.91 bits per heavy atom. The molecule has 21 nitrogen and oxygen atoms in total. The molecule has 0 saturated heterocycles. The van der Waals surface area contributed by atoms with Gasteiger partial charge in [-0.1, -0.05) is 60.1 Å². The van der Waals surface area contributed by atoms with Crippen LogP contribution in [0.3, 0.4) is 0 Å². The molecule has 3 rings (SSSR count). The number of ether oxygens (including phenoxy) is 2. The van der Waals surface area contributed by atoms with E-state index in [1.807, 2.05) is 0 Å². The number of carbonyl (C=O) groups is 6. The highest BCUT2D eigenvalue weighted by atomic mass is 35.5. The van der Waals surface area contributed by atoms with Crippen molar-refractivity contribution in [3.8, 4) is 5.75 Å². The lowest BCUT2D eigenvalue weighted by atomic mass is 9.95. The molecule has 0 aliphatic carbocycles. The highest BCUT2D eigenvalue weighted by Crippen LogP contribution is 2.23. The van der Waals surface area contributed by atoms with Gasteiger partial charge in [0.05, 0.1) is 0 Å². The van der Waals surface area contributed by atoms with Crippen LogP contribution in [0.15, 0.2) is 71.8 Å². The lowest BCUT2D eigenvalue weighted by Crippen LogP contribution is -2.59. The normalized spacial score (nSPS) is 13.1. The number of hydrogen-bond acceptors (Lipinski definition) is 11. The first-order valence-corrected chi connectivity index (χ1v) is 21.9. The summed E-state index contributed by atoms with van der Waals surface area (Å²) in [5.74, 6) is -3.72. The monoisotopic (exact) mass is 952 g/mol. The summed E-state index contributed by atoms with van der Waals surface area (Å²) < 4.78 is 10.7. The minimum atomic E-state index is -1.40. The van der Waals surface area contributed by atoms with Crippen molar-refractivity contribution >= 4 is 53.4 Å². The molecule has 0 radical (unpaired) electrons. The number of alkyl carbamates (subject to hydrolysis) is 2. The van der Waals surface area contributed by atoms with E-state index in [0.29, 0.717) is 39.3 Å². The summed E-state index contributed by atoms with van der Waals surface area (Å²) in [5, 5.41) is 39.2. The molecule has 0 spiro atoms. The summed E-state index contributed by atoms with van der Waals surface area (Å²) in [5.41, 5.74) is 13.4. The molecular formula is C45H61ClN10O11. The van der Waals surface area contributed by atoms with Crippen LogP contribution in [0.5, 0.6) is 5.75 Å². The second-order valence-corrected chi connectivity index (χ2v) is 17.0. The molecule has 3 aromatic rings. The smallest absolute Gasteiger partial charge is 0.408 e. The number of unbranched alkanes of at least 4 members (excludes halogenated alkanes) is 1. The van der Waals surface area contributed by atoms with Crippen LogP contribution >= 0.6 is 11.6 Å². The van der Waals surface area contributed by atoms with Gasteiger partial charge in [-0.05, 0) is 107 Å². The molecule has 0 aromatic heterocycles. The molecule has 3 aromatic carbocycles. The Kier molecular flexibility index (Phi) is 21.6. The predicted octanol–water partition coefficient (Wildman–Crippen LogP) is 3.25. The zero-order valence-electron chi connectivity index (χ0n) is 38.2. The minimum Gasteiger partial charge on any atom is -0.508 e. The number of hydrazone groups is 1. The summed E-state index contributed by atoms with van der Waals surface area (Å²) in [4.78, 5) is 91.5. The summed E-state index contributed by atoms with van der Waals surface area (Å²) in [6.45, 7) is 8.37. The van der Waals surface area contributed by atoms with E-state index in [0.717, 1.165) is 0 Å². The van der Waals surface area contributed by atoms with Crippen LogP contribution < -0.4 is 43.4 Å². The number of nitro groups is 1. The molecule has 22 heteroatoms. The van der Waals surface area contributed by atoms with Crippen LogP contribution in [-0.2, 0) is 48.1 Å². The van der Waals surface area contributed by atoms with Gasteiger partial charge in [-0.25, -0.2) is 19.7 Å². The van der Waals surface area contributed by atoms with Gasteiger partial charge in [0.25, 0.3) is 5.96 Å². The fraction of sp³-hybridized carbons (Fsp3) is 0.444. The standard InChI is InChI=1S/C45H61ClN10O11/c1-27-22-31(57)23-28(2)32(27)25-37(53-40(60)35(54-44(63)67-45(3,4)5)19-13-21-49-42(48)55-56(64)65)41(61)51-34(39(59)52-36(38(47)58)24-29-14-7-6-8-15-29)18-11-12-20-50-43(62)66-26-30-16-9-10-17-33(30)46/h6-10,14-17,22-23,34-37,57H,11-13,18-21,24-26H2,1-5H3,(H2,47,58)(H,50,62)(H,51,61)(H,52,59)(H,53,60)(H,54,63)(H3,48,49,55)/t34-,35?,36-,37-/m0/s1. The number of hydrogen-bond donors (Lipinski definition) is 9. The zero-order chi connectivity index (χ0) is 49.7. The Labute approximate surface area is 393 Å². The molecule has 6 amide bonds. The number of nitrogens with two attached hydrogens (primary N) is 2. The van der Waals surface area contributed by atoms with Gasteiger partial charge in [0.2, 0.25) is 23.6 Å². The van der Waals surface area contributed by atoms with Crippen molar-refractivity contribution in [1.82, 2.24) is 31.9 Å². The molecule has 0 bridgehead atoms. The quantitative estimate of drug-likeness (QED) is 0.0205. The maximum absolute atomic E-state index is 14.5. The van der Waals surface area contributed by atoms with Crippen LogP contribution in [0.25, 0.3) is 0 Å². The first-order valence-electron chi connectivity index (χ1n) is 21.5. The van der Waals surface area contributed by atoms with Crippen LogP contribution in [-0.4, -0.2) is 94.8 Å². The van der Waals surface area contributed by atoms with Crippen molar-refractivity contribution in [3.63, 3.8) is 0 Å². The van der Waals surface area contributed by atoms with Crippen molar-refractivity contribution in [2.45, 2.75) is 116 Å². The van der Waals surface area contributed by atoms with Crippen molar-refractivity contribution < 1.29 is 48.4 Å². The highest BCUT2D eigenvalue weighted by Gasteiger charge is 2.32. The molecule has 0 saturated carbocycles. The third kappa shape index (κ3) is 20.3. The van der Waals surface area contributed by atoms with Crippen molar-refractivity contribution in [2.24, 2.45) is 16.6 Å². The maximum atomic E-state index is 14.5. The number of primary amides is 1.